The zero-order valence-electron chi connectivity index (χ0n) is 9.79. The lowest BCUT2D eigenvalue weighted by molar-refractivity contribution is 0.0817. The van der Waals surface area contributed by atoms with Crippen molar-refractivity contribution >= 4 is 58.0 Å². The second kappa shape index (κ2) is 6.15. The standard InChI is InChI=1S/C14H6Cl4O2/c15-9-5-1-3-7(11(9)17)13(19)14(20)8-4-2-6-10(16)12(8)18/h1-6H. The maximum absolute atomic E-state index is 12.2. The van der Waals surface area contributed by atoms with Crippen LogP contribution in [0.1, 0.15) is 20.7 Å². The van der Waals surface area contributed by atoms with E-state index in [2.05, 4.69) is 0 Å². The van der Waals surface area contributed by atoms with Crippen molar-refractivity contribution in [1.82, 2.24) is 0 Å². The van der Waals surface area contributed by atoms with Crippen LogP contribution in [-0.2, 0) is 0 Å². The Labute approximate surface area is 135 Å². The van der Waals surface area contributed by atoms with Crippen molar-refractivity contribution in [3.05, 3.63) is 67.6 Å². The van der Waals surface area contributed by atoms with Gasteiger partial charge < -0.3 is 0 Å². The molecule has 6 heteroatoms. The largest absolute Gasteiger partial charge is 0.285 e. The number of carbonyl (C=O) groups is 2. The minimum Gasteiger partial charge on any atom is -0.285 e. The Balaban J connectivity index is 2.46. The first kappa shape index (κ1) is 15.3. The van der Waals surface area contributed by atoms with Crippen molar-refractivity contribution in [2.45, 2.75) is 0 Å². The van der Waals surface area contributed by atoms with Gasteiger partial charge in [0.1, 0.15) is 0 Å². The zero-order valence-corrected chi connectivity index (χ0v) is 12.8. The highest BCUT2D eigenvalue weighted by Crippen LogP contribution is 2.29. The van der Waals surface area contributed by atoms with Gasteiger partial charge in [0.15, 0.2) is 0 Å². The molecule has 102 valence electrons. The second-order valence-corrected chi connectivity index (χ2v) is 5.43. The molecule has 0 N–H and O–H groups in total. The lowest BCUT2D eigenvalue weighted by Crippen LogP contribution is -2.15. The topological polar surface area (TPSA) is 34.1 Å². The first-order chi connectivity index (χ1) is 9.43. The van der Waals surface area contributed by atoms with E-state index < -0.39 is 11.6 Å². The predicted octanol–water partition coefficient (Wildman–Crippen LogP) is 5.37. The van der Waals surface area contributed by atoms with Gasteiger partial charge >= 0.3 is 0 Å². The molecule has 20 heavy (non-hydrogen) atoms. The number of rotatable bonds is 3. The molecular formula is C14H6Cl4O2. The van der Waals surface area contributed by atoms with Gasteiger partial charge in [0.2, 0.25) is 11.6 Å². The molecule has 0 aliphatic rings. The molecule has 0 aromatic heterocycles. The number of halogens is 4. The van der Waals surface area contributed by atoms with Crippen molar-refractivity contribution in [3.63, 3.8) is 0 Å². The van der Waals surface area contributed by atoms with Gasteiger partial charge in [-0.2, -0.15) is 0 Å². The molecular weight excluding hydrogens is 342 g/mol. The van der Waals surface area contributed by atoms with Gasteiger partial charge in [-0.05, 0) is 24.3 Å². The summed E-state index contributed by atoms with van der Waals surface area (Å²) in [5.41, 5.74) is 0.0559. The quantitative estimate of drug-likeness (QED) is 0.552. The van der Waals surface area contributed by atoms with E-state index >= 15 is 0 Å². The number of benzene rings is 2. The maximum Gasteiger partial charge on any atom is 0.235 e. The number of Topliss-reactive ketones (excluding diaryl/α,β-unsaturated/α-hetero) is 2. The molecule has 2 nitrogen and oxygen atoms in total. The third-order valence-corrected chi connectivity index (χ3v) is 4.24. The Morgan fingerprint density at radius 3 is 1.35 bits per heavy atom. The highest BCUT2D eigenvalue weighted by molar-refractivity contribution is 6.56. The lowest BCUT2D eigenvalue weighted by Gasteiger charge is -2.06. The maximum atomic E-state index is 12.2. The smallest absolute Gasteiger partial charge is 0.235 e. The van der Waals surface area contributed by atoms with E-state index in [1.54, 1.807) is 0 Å². The third kappa shape index (κ3) is 2.84. The summed E-state index contributed by atoms with van der Waals surface area (Å²) in [6.07, 6.45) is 0. The van der Waals surface area contributed by atoms with Gasteiger partial charge in [-0.3, -0.25) is 9.59 Å². The third-order valence-electron chi connectivity index (χ3n) is 2.60. The molecule has 2 rings (SSSR count). The average Bonchev–Trinajstić information content (AvgIpc) is 2.43. The zero-order chi connectivity index (χ0) is 14.9. The average molecular weight is 348 g/mol. The molecule has 0 atom stereocenters. The Morgan fingerprint density at radius 1 is 0.650 bits per heavy atom. The van der Waals surface area contributed by atoms with E-state index in [-0.39, 0.29) is 31.2 Å². The van der Waals surface area contributed by atoms with E-state index in [0.29, 0.717) is 0 Å². The summed E-state index contributed by atoms with van der Waals surface area (Å²) < 4.78 is 0. The van der Waals surface area contributed by atoms with Crippen LogP contribution in [0.15, 0.2) is 36.4 Å². The molecule has 0 heterocycles. The second-order valence-electron chi connectivity index (χ2n) is 3.86. The molecule has 0 saturated carbocycles. The van der Waals surface area contributed by atoms with E-state index in [9.17, 15) is 9.59 Å². The lowest BCUT2D eigenvalue weighted by atomic mass is 10.0. The number of carbonyl (C=O) groups excluding carboxylic acids is 2. The molecule has 0 radical (unpaired) electrons. The summed E-state index contributed by atoms with van der Waals surface area (Å²) in [5.74, 6) is -1.58. The van der Waals surface area contributed by atoms with Crippen LogP contribution in [0.4, 0.5) is 0 Å². The minimum absolute atomic E-state index is 0.0280. The fourth-order valence-corrected chi connectivity index (χ4v) is 2.38. The van der Waals surface area contributed by atoms with E-state index in [0.717, 1.165) is 0 Å². The summed E-state index contributed by atoms with van der Waals surface area (Å²) in [5, 5.41) is 0.460. The Hall–Kier alpha value is -1.06. The van der Waals surface area contributed by atoms with Crippen molar-refractivity contribution < 1.29 is 9.59 Å². The van der Waals surface area contributed by atoms with Crippen molar-refractivity contribution in [1.29, 1.82) is 0 Å². The fourth-order valence-electron chi connectivity index (χ4n) is 1.60. The molecule has 2 aromatic rings. The van der Waals surface area contributed by atoms with Crippen LogP contribution in [0, 0.1) is 0 Å². The van der Waals surface area contributed by atoms with Crippen LogP contribution in [0.25, 0.3) is 0 Å². The van der Waals surface area contributed by atoms with Crippen molar-refractivity contribution in [3.8, 4) is 0 Å². The Bertz CT molecular complexity index is 649. The molecule has 0 bridgehead atoms. The Morgan fingerprint density at radius 2 is 1.00 bits per heavy atom. The fraction of sp³-hybridized carbons (Fsp3) is 0. The van der Waals surface area contributed by atoms with Gasteiger partial charge in [0.25, 0.3) is 0 Å². The molecule has 0 amide bonds. The van der Waals surface area contributed by atoms with E-state index in [1.165, 1.54) is 36.4 Å². The van der Waals surface area contributed by atoms with Crippen molar-refractivity contribution in [2.75, 3.05) is 0 Å². The van der Waals surface area contributed by atoms with Crippen LogP contribution in [0.5, 0.6) is 0 Å². The highest BCUT2D eigenvalue weighted by atomic mass is 35.5. The first-order valence-corrected chi connectivity index (χ1v) is 6.91. The number of hydrogen-bond donors (Lipinski definition) is 0. The van der Waals surface area contributed by atoms with Gasteiger partial charge in [0.05, 0.1) is 20.1 Å². The van der Waals surface area contributed by atoms with Crippen LogP contribution in [-0.4, -0.2) is 11.6 Å². The van der Waals surface area contributed by atoms with E-state index in [4.69, 9.17) is 46.4 Å². The van der Waals surface area contributed by atoms with Gasteiger partial charge in [-0.15, -0.1) is 0 Å². The molecule has 0 unspecified atom stereocenters. The summed E-state index contributed by atoms with van der Waals surface area (Å²) in [6.45, 7) is 0. The SMILES string of the molecule is O=C(C(=O)c1cccc(Cl)c1Cl)c1cccc(Cl)c1Cl. The van der Waals surface area contributed by atoms with Crippen LogP contribution < -0.4 is 0 Å². The van der Waals surface area contributed by atoms with Gasteiger partial charge in [-0.1, -0.05) is 58.5 Å². The van der Waals surface area contributed by atoms with Gasteiger partial charge in [0, 0.05) is 11.1 Å². The van der Waals surface area contributed by atoms with Crippen LogP contribution in [0.3, 0.4) is 0 Å². The summed E-state index contributed by atoms with van der Waals surface area (Å²) in [4.78, 5) is 24.4. The molecule has 0 aliphatic carbocycles. The Kier molecular flexibility index (Phi) is 4.71. The van der Waals surface area contributed by atoms with Crippen molar-refractivity contribution in [2.24, 2.45) is 0 Å². The molecule has 2 aromatic carbocycles. The highest BCUT2D eigenvalue weighted by Gasteiger charge is 2.24. The van der Waals surface area contributed by atoms with Crippen LogP contribution in [0.2, 0.25) is 20.1 Å². The molecule has 0 spiro atoms. The summed E-state index contributed by atoms with van der Waals surface area (Å²) in [7, 11) is 0. The summed E-state index contributed by atoms with van der Waals surface area (Å²) >= 11 is 23.5. The number of ketones is 2. The van der Waals surface area contributed by atoms with Gasteiger partial charge in [-0.25, -0.2) is 0 Å². The number of hydrogen-bond acceptors (Lipinski definition) is 2. The monoisotopic (exact) mass is 346 g/mol. The molecule has 0 aliphatic heterocycles. The molecule has 0 saturated heterocycles. The normalized spacial score (nSPS) is 10.4. The van der Waals surface area contributed by atoms with E-state index in [1.807, 2.05) is 0 Å². The minimum atomic E-state index is -0.790. The van der Waals surface area contributed by atoms with Crippen LogP contribution >= 0.6 is 46.4 Å². The predicted molar refractivity (Wildman–Crippen MR) is 81.6 cm³/mol. The summed E-state index contributed by atoms with van der Waals surface area (Å²) in [6, 6.07) is 8.97. The molecule has 0 fully saturated rings. The first-order valence-electron chi connectivity index (χ1n) is 5.40.